The van der Waals surface area contributed by atoms with E-state index in [1.807, 2.05) is 0 Å². The second-order valence-corrected chi connectivity index (χ2v) is 5.14. The van der Waals surface area contributed by atoms with Crippen LogP contribution in [0, 0.1) is 0 Å². The number of furan rings is 1. The molecule has 0 N–H and O–H groups in total. The van der Waals surface area contributed by atoms with Crippen molar-refractivity contribution in [2.75, 3.05) is 0 Å². The number of rotatable bonds is 1. The van der Waals surface area contributed by atoms with Gasteiger partial charge in [0.15, 0.2) is 0 Å². The molecule has 1 heterocycles. The van der Waals surface area contributed by atoms with Crippen molar-refractivity contribution in [3.05, 3.63) is 34.4 Å². The Morgan fingerprint density at radius 2 is 2.06 bits per heavy atom. The van der Waals surface area contributed by atoms with Gasteiger partial charge in [0.25, 0.3) is 0 Å². The normalized spacial score (nSPS) is 21.6. The molecule has 2 aromatic rings. The second kappa shape index (κ2) is 4.25. The van der Waals surface area contributed by atoms with E-state index in [0.29, 0.717) is 15.4 Å². The molecule has 1 aromatic heterocycles. The van der Waals surface area contributed by atoms with Gasteiger partial charge in [0, 0.05) is 5.39 Å². The van der Waals surface area contributed by atoms with Gasteiger partial charge >= 0.3 is 0 Å². The summed E-state index contributed by atoms with van der Waals surface area (Å²) in [5.74, 6) is 0.176. The van der Waals surface area contributed by atoms with Crippen molar-refractivity contribution in [3.8, 4) is 0 Å². The highest BCUT2D eigenvalue weighted by Crippen LogP contribution is 2.35. The SMILES string of the molecule is [2H]c1oc2c([2H])c(C3CCCCC3)c([2H])c([2H])c2c1Br. The van der Waals surface area contributed by atoms with Crippen LogP contribution in [0.1, 0.15) is 49.1 Å². The van der Waals surface area contributed by atoms with Gasteiger partial charge in [0.05, 0.1) is 8.58 Å². The number of benzene rings is 1. The third kappa shape index (κ3) is 1.80. The highest BCUT2D eigenvalue weighted by molar-refractivity contribution is 9.10. The van der Waals surface area contributed by atoms with Gasteiger partial charge < -0.3 is 4.42 Å². The van der Waals surface area contributed by atoms with Gasteiger partial charge in [0.1, 0.15) is 13.2 Å². The Kier molecular flexibility index (Phi) is 1.82. The summed E-state index contributed by atoms with van der Waals surface area (Å²) >= 11 is 3.22. The molecule has 1 fully saturated rings. The van der Waals surface area contributed by atoms with Crippen molar-refractivity contribution >= 4 is 26.9 Å². The first-order valence-electron chi connectivity index (χ1n) is 7.70. The molecule has 0 radical (unpaired) electrons. The van der Waals surface area contributed by atoms with Crippen LogP contribution in [0.15, 0.2) is 33.3 Å². The molecule has 0 spiro atoms. The zero-order valence-corrected chi connectivity index (χ0v) is 10.5. The second-order valence-electron chi connectivity index (χ2n) is 4.35. The molecule has 0 atom stereocenters. The smallest absolute Gasteiger partial charge is 0.135 e. The Hall–Kier alpha value is -0.760. The van der Waals surface area contributed by atoms with Crippen molar-refractivity contribution < 1.29 is 9.90 Å². The van der Waals surface area contributed by atoms with Crippen LogP contribution in [-0.2, 0) is 0 Å². The molecule has 3 rings (SSSR count). The lowest BCUT2D eigenvalue weighted by Gasteiger charge is -2.21. The number of hydrogen-bond acceptors (Lipinski definition) is 1. The number of hydrogen-bond donors (Lipinski definition) is 0. The largest absolute Gasteiger partial charge is 0.463 e. The minimum absolute atomic E-state index is 0.0608. The van der Waals surface area contributed by atoms with Crippen LogP contribution in [0.4, 0.5) is 0 Å². The molecule has 0 unspecified atom stereocenters. The summed E-state index contributed by atoms with van der Waals surface area (Å²) in [4.78, 5) is 0. The third-order valence-electron chi connectivity index (χ3n) is 3.27. The van der Waals surface area contributed by atoms with Crippen molar-refractivity contribution in [2.24, 2.45) is 0 Å². The monoisotopic (exact) mass is 282 g/mol. The van der Waals surface area contributed by atoms with E-state index in [1.165, 1.54) is 6.42 Å². The lowest BCUT2D eigenvalue weighted by atomic mass is 9.84. The fourth-order valence-corrected chi connectivity index (χ4v) is 2.74. The molecule has 1 aliphatic rings. The molecule has 84 valence electrons. The molecule has 2 heteroatoms. The standard InChI is InChI=1S/C14H15BrO/c15-13-9-16-14-8-11(6-7-12(13)14)10-4-2-1-3-5-10/h6-10H,1-5H2/i6D,7D,8D,9D. The molecular weight excluding hydrogens is 264 g/mol. The van der Waals surface area contributed by atoms with E-state index in [-0.39, 0.29) is 35.9 Å². The summed E-state index contributed by atoms with van der Waals surface area (Å²) < 4.78 is 38.1. The molecule has 16 heavy (non-hydrogen) atoms. The molecule has 0 amide bonds. The average Bonchev–Trinajstić information content (AvgIpc) is 2.75. The minimum atomic E-state index is -0.0813. The Balaban J connectivity index is 2.27. The summed E-state index contributed by atoms with van der Waals surface area (Å²) in [6, 6.07) is 0.369. The van der Waals surface area contributed by atoms with Gasteiger partial charge in [-0.15, -0.1) is 0 Å². The van der Waals surface area contributed by atoms with Crippen LogP contribution in [0.3, 0.4) is 0 Å². The van der Waals surface area contributed by atoms with E-state index in [1.54, 1.807) is 0 Å². The lowest BCUT2D eigenvalue weighted by molar-refractivity contribution is 0.443. The van der Waals surface area contributed by atoms with Crippen LogP contribution >= 0.6 is 15.9 Å². The molecule has 1 saturated carbocycles. The summed E-state index contributed by atoms with van der Waals surface area (Å²) in [6.07, 6.45) is 5.29. The van der Waals surface area contributed by atoms with Crippen LogP contribution in [0.25, 0.3) is 11.0 Å². The molecule has 1 aliphatic carbocycles. The Morgan fingerprint density at radius 1 is 1.25 bits per heavy atom. The Morgan fingerprint density at radius 3 is 2.88 bits per heavy atom. The van der Waals surface area contributed by atoms with Crippen LogP contribution in [0.5, 0.6) is 0 Å². The zero-order valence-electron chi connectivity index (χ0n) is 12.9. The van der Waals surface area contributed by atoms with Gasteiger partial charge in [0.2, 0.25) is 0 Å². The number of halogens is 1. The molecule has 1 nitrogen and oxygen atoms in total. The van der Waals surface area contributed by atoms with Gasteiger partial charge in [-0.2, -0.15) is 0 Å². The highest BCUT2D eigenvalue weighted by atomic mass is 79.9. The zero-order chi connectivity index (χ0) is 14.4. The number of fused-ring (bicyclic) bond motifs is 1. The van der Waals surface area contributed by atoms with Gasteiger partial charge in [-0.25, -0.2) is 0 Å². The first-order chi connectivity index (χ1) is 9.52. The van der Waals surface area contributed by atoms with E-state index in [4.69, 9.17) is 9.90 Å². The lowest BCUT2D eigenvalue weighted by Crippen LogP contribution is -2.03. The van der Waals surface area contributed by atoms with E-state index in [9.17, 15) is 0 Å². The summed E-state index contributed by atoms with van der Waals surface area (Å²) in [5.41, 5.74) is 0.895. The fraction of sp³-hybridized carbons (Fsp3) is 0.429. The van der Waals surface area contributed by atoms with E-state index >= 15 is 0 Å². The van der Waals surface area contributed by atoms with Crippen LogP contribution < -0.4 is 0 Å². The third-order valence-corrected chi connectivity index (χ3v) is 3.83. The summed E-state index contributed by atoms with van der Waals surface area (Å²) in [6.45, 7) is 0. The predicted octanol–water partition coefficient (Wildman–Crippen LogP) is 5.24. The molecular formula is C14H15BrO. The quantitative estimate of drug-likeness (QED) is 0.697. The summed E-state index contributed by atoms with van der Waals surface area (Å²) in [5, 5.41) is 0.379. The highest BCUT2D eigenvalue weighted by Gasteiger charge is 2.16. The molecule has 0 aliphatic heterocycles. The average molecular weight is 283 g/mol. The van der Waals surface area contributed by atoms with Crippen molar-refractivity contribution in [1.29, 1.82) is 0 Å². The summed E-state index contributed by atoms with van der Waals surface area (Å²) in [7, 11) is 0. The molecule has 0 bridgehead atoms. The van der Waals surface area contributed by atoms with Gasteiger partial charge in [-0.3, -0.25) is 0 Å². The minimum Gasteiger partial charge on any atom is -0.463 e. The Labute approximate surface area is 110 Å². The first kappa shape index (κ1) is 6.85. The van der Waals surface area contributed by atoms with E-state index in [2.05, 4.69) is 15.9 Å². The van der Waals surface area contributed by atoms with E-state index < -0.39 is 0 Å². The van der Waals surface area contributed by atoms with Crippen molar-refractivity contribution in [1.82, 2.24) is 0 Å². The first-order valence-corrected chi connectivity index (χ1v) is 6.50. The Bertz CT molecular complexity index is 674. The molecule has 0 saturated heterocycles. The topological polar surface area (TPSA) is 13.1 Å². The van der Waals surface area contributed by atoms with Crippen LogP contribution in [0.2, 0.25) is 0 Å². The van der Waals surface area contributed by atoms with Gasteiger partial charge in [-0.1, -0.05) is 25.3 Å². The maximum absolute atomic E-state index is 8.32. The van der Waals surface area contributed by atoms with E-state index in [0.717, 1.165) is 25.7 Å². The van der Waals surface area contributed by atoms with Crippen molar-refractivity contribution in [3.63, 3.8) is 0 Å². The van der Waals surface area contributed by atoms with Crippen LogP contribution in [-0.4, -0.2) is 0 Å². The molecule has 1 aromatic carbocycles. The predicted molar refractivity (Wildman–Crippen MR) is 69.7 cm³/mol. The maximum atomic E-state index is 8.32. The van der Waals surface area contributed by atoms with Gasteiger partial charge in [-0.05, 0) is 52.3 Å². The maximum Gasteiger partial charge on any atom is 0.135 e. The van der Waals surface area contributed by atoms with Crippen molar-refractivity contribution in [2.45, 2.75) is 38.0 Å². The fourth-order valence-electron chi connectivity index (χ4n) is 2.38.